The number of alkyl halides is 1. The Balaban J connectivity index is 2.02. The van der Waals surface area contributed by atoms with E-state index in [-0.39, 0.29) is 0 Å². The normalized spacial score (nSPS) is 17.3. The van der Waals surface area contributed by atoms with Crippen LogP contribution in [0.2, 0.25) is 0 Å². The zero-order valence-corrected chi connectivity index (χ0v) is 12.9. The van der Waals surface area contributed by atoms with Gasteiger partial charge in [-0.25, -0.2) is 0 Å². The minimum absolute atomic E-state index is 0.400. The van der Waals surface area contributed by atoms with Gasteiger partial charge in [-0.15, -0.1) is 0 Å². The van der Waals surface area contributed by atoms with Crippen LogP contribution in [0.25, 0.3) is 0 Å². The summed E-state index contributed by atoms with van der Waals surface area (Å²) in [7, 11) is -3.47. The molecule has 0 radical (unpaired) electrons. The first-order valence-corrected chi connectivity index (χ1v) is 8.68. The Morgan fingerprint density at radius 3 is 2.42 bits per heavy atom. The molecule has 5 nitrogen and oxygen atoms in total. The summed E-state index contributed by atoms with van der Waals surface area (Å²) in [6.45, 7) is 1.70. The molecule has 0 saturated carbocycles. The molecule has 106 valence electrons. The predicted octanol–water partition coefficient (Wildman–Crippen LogP) is 1.61. The fourth-order valence-corrected chi connectivity index (χ4v) is 3.50. The van der Waals surface area contributed by atoms with Crippen molar-refractivity contribution >= 4 is 31.8 Å². The number of hydrogen-bond acceptors (Lipinski definition) is 3. The van der Waals surface area contributed by atoms with Gasteiger partial charge in [0.15, 0.2) is 0 Å². The Hall–Kier alpha value is -0.630. The van der Waals surface area contributed by atoms with Gasteiger partial charge in [-0.1, -0.05) is 28.1 Å². The van der Waals surface area contributed by atoms with Crippen LogP contribution in [-0.2, 0) is 21.4 Å². The minimum atomic E-state index is -3.47. The van der Waals surface area contributed by atoms with Gasteiger partial charge in [-0.3, -0.25) is 4.72 Å². The van der Waals surface area contributed by atoms with Gasteiger partial charge < -0.3 is 4.74 Å². The second kappa shape index (κ2) is 6.69. The summed E-state index contributed by atoms with van der Waals surface area (Å²) >= 11 is 3.38. The van der Waals surface area contributed by atoms with E-state index in [9.17, 15) is 8.42 Å². The second-order valence-electron chi connectivity index (χ2n) is 4.25. The number of nitrogens with zero attached hydrogens (tertiary/aromatic N) is 1. The van der Waals surface area contributed by atoms with Gasteiger partial charge in [-0.2, -0.15) is 12.7 Å². The lowest BCUT2D eigenvalue weighted by molar-refractivity contribution is 0.0733. The average Bonchev–Trinajstić information content (AvgIpc) is 2.42. The van der Waals surface area contributed by atoms with E-state index >= 15 is 0 Å². The third-order valence-electron chi connectivity index (χ3n) is 2.89. The fourth-order valence-electron chi connectivity index (χ4n) is 1.85. The molecule has 0 unspecified atom stereocenters. The molecular weight excluding hydrogens is 332 g/mol. The van der Waals surface area contributed by atoms with Crippen molar-refractivity contribution < 1.29 is 13.2 Å². The van der Waals surface area contributed by atoms with Crippen molar-refractivity contribution in [1.82, 2.24) is 4.31 Å². The summed E-state index contributed by atoms with van der Waals surface area (Å²) in [5.41, 5.74) is 1.76. The molecule has 1 fully saturated rings. The SMILES string of the molecule is O=S(=O)(Nc1ccc(CCBr)cc1)N1CCOCC1. The molecule has 0 aliphatic carbocycles. The van der Waals surface area contributed by atoms with E-state index in [2.05, 4.69) is 20.7 Å². The van der Waals surface area contributed by atoms with E-state index in [0.29, 0.717) is 32.0 Å². The second-order valence-corrected chi connectivity index (χ2v) is 6.72. The molecule has 0 bridgehead atoms. The van der Waals surface area contributed by atoms with Crippen molar-refractivity contribution in [3.05, 3.63) is 29.8 Å². The van der Waals surface area contributed by atoms with Crippen LogP contribution in [0.4, 0.5) is 5.69 Å². The Morgan fingerprint density at radius 1 is 1.21 bits per heavy atom. The van der Waals surface area contributed by atoms with Crippen LogP contribution in [0.1, 0.15) is 5.56 Å². The molecule has 0 spiro atoms. The molecule has 1 aliphatic heterocycles. The minimum Gasteiger partial charge on any atom is -0.379 e. The number of ether oxygens (including phenoxy) is 1. The summed E-state index contributed by atoms with van der Waals surface area (Å²) in [5, 5.41) is 0.895. The fraction of sp³-hybridized carbons (Fsp3) is 0.500. The van der Waals surface area contributed by atoms with Gasteiger partial charge in [0.1, 0.15) is 0 Å². The van der Waals surface area contributed by atoms with Crippen molar-refractivity contribution in [2.24, 2.45) is 0 Å². The molecule has 1 aromatic carbocycles. The van der Waals surface area contributed by atoms with Crippen LogP contribution in [0, 0.1) is 0 Å². The first-order chi connectivity index (χ1) is 9.12. The van der Waals surface area contributed by atoms with Crippen LogP contribution >= 0.6 is 15.9 Å². The van der Waals surface area contributed by atoms with Gasteiger partial charge in [0.2, 0.25) is 0 Å². The van der Waals surface area contributed by atoms with Gasteiger partial charge in [0, 0.05) is 24.1 Å². The first-order valence-electron chi connectivity index (χ1n) is 6.12. The van der Waals surface area contributed by atoms with Gasteiger partial charge >= 0.3 is 10.2 Å². The molecule has 1 aromatic rings. The Morgan fingerprint density at radius 2 is 1.84 bits per heavy atom. The highest BCUT2D eigenvalue weighted by atomic mass is 79.9. The summed E-state index contributed by atoms with van der Waals surface area (Å²) in [6.07, 6.45) is 0.927. The molecular formula is C12H17BrN2O3S. The van der Waals surface area contributed by atoms with E-state index in [1.165, 1.54) is 9.87 Å². The Labute approximate surface area is 122 Å². The third-order valence-corrected chi connectivity index (χ3v) is 4.83. The number of aryl methyl sites for hydroxylation is 1. The number of nitrogens with one attached hydrogen (secondary N) is 1. The highest BCUT2D eigenvalue weighted by Gasteiger charge is 2.23. The molecule has 7 heteroatoms. The predicted molar refractivity (Wildman–Crippen MR) is 78.9 cm³/mol. The number of rotatable bonds is 5. The maximum Gasteiger partial charge on any atom is 0.301 e. The Kier molecular flexibility index (Phi) is 5.20. The number of morpholine rings is 1. The molecule has 0 amide bonds. The van der Waals surface area contributed by atoms with Crippen LogP contribution in [0.15, 0.2) is 24.3 Å². The van der Waals surface area contributed by atoms with Crippen molar-refractivity contribution in [2.75, 3.05) is 36.4 Å². The first kappa shape index (κ1) is 14.8. The van der Waals surface area contributed by atoms with E-state index in [4.69, 9.17) is 4.74 Å². The molecule has 1 aliphatic rings. The number of halogens is 1. The maximum absolute atomic E-state index is 12.1. The zero-order chi connectivity index (χ0) is 13.7. The number of benzene rings is 1. The molecule has 0 atom stereocenters. The highest BCUT2D eigenvalue weighted by Crippen LogP contribution is 2.14. The summed E-state index contributed by atoms with van der Waals surface area (Å²) in [4.78, 5) is 0. The van der Waals surface area contributed by atoms with E-state index in [0.717, 1.165) is 11.8 Å². The van der Waals surface area contributed by atoms with Gasteiger partial charge in [0.05, 0.1) is 13.2 Å². The van der Waals surface area contributed by atoms with Crippen molar-refractivity contribution in [1.29, 1.82) is 0 Å². The highest BCUT2D eigenvalue weighted by molar-refractivity contribution is 9.09. The number of hydrogen-bond donors (Lipinski definition) is 1. The lowest BCUT2D eigenvalue weighted by atomic mass is 10.2. The van der Waals surface area contributed by atoms with Crippen molar-refractivity contribution in [3.8, 4) is 0 Å². The number of anilines is 1. The molecule has 1 N–H and O–H groups in total. The smallest absolute Gasteiger partial charge is 0.301 e. The van der Waals surface area contributed by atoms with Crippen molar-refractivity contribution in [2.45, 2.75) is 6.42 Å². The lowest BCUT2D eigenvalue weighted by Gasteiger charge is -2.26. The topological polar surface area (TPSA) is 58.6 Å². The third kappa shape index (κ3) is 4.17. The zero-order valence-electron chi connectivity index (χ0n) is 10.5. The average molecular weight is 349 g/mol. The quantitative estimate of drug-likeness (QED) is 0.822. The van der Waals surface area contributed by atoms with Crippen LogP contribution in [0.5, 0.6) is 0 Å². The van der Waals surface area contributed by atoms with Crippen molar-refractivity contribution in [3.63, 3.8) is 0 Å². The van der Waals surface area contributed by atoms with Gasteiger partial charge in [0.25, 0.3) is 0 Å². The monoisotopic (exact) mass is 348 g/mol. The van der Waals surface area contributed by atoms with E-state index in [1.807, 2.05) is 12.1 Å². The molecule has 1 heterocycles. The van der Waals surface area contributed by atoms with Crippen LogP contribution in [-0.4, -0.2) is 44.4 Å². The molecule has 0 aromatic heterocycles. The molecule has 1 saturated heterocycles. The summed E-state index contributed by atoms with van der Waals surface area (Å²) in [5.74, 6) is 0. The largest absolute Gasteiger partial charge is 0.379 e. The summed E-state index contributed by atoms with van der Waals surface area (Å²) in [6, 6.07) is 7.43. The summed E-state index contributed by atoms with van der Waals surface area (Å²) < 4.78 is 33.4. The molecule has 2 rings (SSSR count). The van der Waals surface area contributed by atoms with Crippen LogP contribution < -0.4 is 4.72 Å². The Bertz CT molecular complexity index is 498. The standard InChI is InChI=1S/C12H17BrN2O3S/c13-6-5-11-1-3-12(4-2-11)14-19(16,17)15-7-9-18-10-8-15/h1-4,14H,5-10H2. The van der Waals surface area contributed by atoms with E-state index < -0.39 is 10.2 Å². The van der Waals surface area contributed by atoms with Crippen LogP contribution in [0.3, 0.4) is 0 Å². The van der Waals surface area contributed by atoms with E-state index in [1.54, 1.807) is 12.1 Å². The van der Waals surface area contributed by atoms with Gasteiger partial charge in [-0.05, 0) is 24.1 Å². The molecule has 19 heavy (non-hydrogen) atoms. The lowest BCUT2D eigenvalue weighted by Crippen LogP contribution is -2.43. The maximum atomic E-state index is 12.1.